The van der Waals surface area contributed by atoms with Crippen LogP contribution in [0.1, 0.15) is 26.5 Å². The fourth-order valence-corrected chi connectivity index (χ4v) is 2.37. The van der Waals surface area contributed by atoms with Crippen LogP contribution in [-0.4, -0.2) is 9.78 Å². The topological polar surface area (TPSA) is 43.8 Å². The summed E-state index contributed by atoms with van der Waals surface area (Å²) in [5.41, 5.74) is 7.63. The fraction of sp³-hybridized carbons (Fsp3) is 0.357. The highest BCUT2D eigenvalue weighted by Gasteiger charge is 2.20. The van der Waals surface area contributed by atoms with Crippen LogP contribution >= 0.6 is 34.8 Å². The minimum absolute atomic E-state index is 0.0763. The van der Waals surface area contributed by atoms with Crippen LogP contribution in [0, 0.1) is 5.41 Å². The lowest BCUT2D eigenvalue weighted by molar-refractivity contribution is 0.405. The van der Waals surface area contributed by atoms with E-state index in [4.69, 9.17) is 40.5 Å². The summed E-state index contributed by atoms with van der Waals surface area (Å²) in [4.78, 5) is 0. The monoisotopic (exact) mass is 331 g/mol. The van der Waals surface area contributed by atoms with Crippen molar-refractivity contribution in [3.63, 3.8) is 0 Å². The van der Waals surface area contributed by atoms with Crippen molar-refractivity contribution in [1.82, 2.24) is 9.78 Å². The van der Waals surface area contributed by atoms with Gasteiger partial charge >= 0.3 is 0 Å². The first-order valence-corrected chi connectivity index (χ1v) is 7.31. The molecule has 0 unspecified atom stereocenters. The summed E-state index contributed by atoms with van der Waals surface area (Å²) in [5.74, 6) is 0.407. The van der Waals surface area contributed by atoms with Crippen LogP contribution in [0.25, 0.3) is 5.69 Å². The molecule has 0 bridgehead atoms. The van der Waals surface area contributed by atoms with Gasteiger partial charge in [0.15, 0.2) is 0 Å². The summed E-state index contributed by atoms with van der Waals surface area (Å²) in [6.07, 6.45) is 0.740. The third kappa shape index (κ3) is 3.22. The van der Waals surface area contributed by atoms with Gasteiger partial charge < -0.3 is 5.73 Å². The van der Waals surface area contributed by atoms with Gasteiger partial charge in [-0.05, 0) is 30.0 Å². The Morgan fingerprint density at radius 1 is 1.15 bits per heavy atom. The van der Waals surface area contributed by atoms with Gasteiger partial charge in [0.25, 0.3) is 0 Å². The van der Waals surface area contributed by atoms with Crippen LogP contribution in [0.5, 0.6) is 0 Å². The highest BCUT2D eigenvalue weighted by Crippen LogP contribution is 2.32. The molecule has 6 heteroatoms. The minimum Gasteiger partial charge on any atom is -0.382 e. The molecule has 1 aromatic heterocycles. The van der Waals surface area contributed by atoms with Crippen molar-refractivity contribution in [3.8, 4) is 5.69 Å². The molecule has 0 aliphatic carbocycles. The summed E-state index contributed by atoms with van der Waals surface area (Å²) < 4.78 is 1.59. The van der Waals surface area contributed by atoms with Gasteiger partial charge in [0.05, 0.1) is 21.4 Å². The highest BCUT2D eigenvalue weighted by molar-refractivity contribution is 6.42. The average molecular weight is 333 g/mol. The maximum atomic E-state index is 6.27. The Kier molecular flexibility index (Phi) is 4.24. The van der Waals surface area contributed by atoms with E-state index in [1.807, 2.05) is 0 Å². The molecule has 0 aliphatic rings. The fourth-order valence-electron chi connectivity index (χ4n) is 1.89. The summed E-state index contributed by atoms with van der Waals surface area (Å²) in [7, 11) is 0. The molecular formula is C14H16Cl3N3. The zero-order valence-corrected chi connectivity index (χ0v) is 13.8. The van der Waals surface area contributed by atoms with Crippen LogP contribution in [-0.2, 0) is 6.42 Å². The Morgan fingerprint density at radius 2 is 1.80 bits per heavy atom. The number of halogens is 3. The van der Waals surface area contributed by atoms with E-state index in [2.05, 4.69) is 25.9 Å². The van der Waals surface area contributed by atoms with Crippen LogP contribution in [0.4, 0.5) is 5.82 Å². The quantitative estimate of drug-likeness (QED) is 0.840. The highest BCUT2D eigenvalue weighted by atomic mass is 35.5. The lowest BCUT2D eigenvalue weighted by Crippen LogP contribution is -2.10. The van der Waals surface area contributed by atoms with Crippen LogP contribution in [0.15, 0.2) is 18.2 Å². The molecule has 0 atom stereocenters. The number of rotatable bonds is 2. The molecule has 1 heterocycles. The lowest BCUT2D eigenvalue weighted by Gasteiger charge is -2.16. The molecule has 0 saturated heterocycles. The Morgan fingerprint density at radius 3 is 2.35 bits per heavy atom. The van der Waals surface area contributed by atoms with Gasteiger partial charge in [-0.3, -0.25) is 0 Å². The summed E-state index contributed by atoms with van der Waals surface area (Å²) in [6, 6.07) is 5.22. The number of nitrogens with two attached hydrogens (primary N) is 1. The van der Waals surface area contributed by atoms with E-state index in [1.165, 1.54) is 0 Å². The molecule has 2 aromatic rings. The Bertz CT molecular complexity index is 642. The second kappa shape index (κ2) is 5.47. The van der Waals surface area contributed by atoms with Crippen molar-refractivity contribution in [2.24, 2.45) is 5.41 Å². The van der Waals surface area contributed by atoms with Gasteiger partial charge in [-0.25, -0.2) is 4.68 Å². The number of anilines is 1. The Hall–Kier alpha value is -0.900. The first kappa shape index (κ1) is 15.5. The molecule has 108 valence electrons. The molecule has 0 aliphatic heterocycles. The molecule has 0 saturated carbocycles. The molecule has 2 N–H and O–H groups in total. The van der Waals surface area contributed by atoms with Crippen molar-refractivity contribution < 1.29 is 0 Å². The molecule has 0 radical (unpaired) electrons. The Balaban J connectivity index is 2.47. The minimum atomic E-state index is 0.0763. The number of hydrogen-bond donors (Lipinski definition) is 1. The van der Waals surface area contributed by atoms with Crippen LogP contribution in [0.3, 0.4) is 0 Å². The second-order valence-corrected chi connectivity index (χ2v) is 7.09. The number of nitrogen functional groups attached to an aromatic ring is 1. The normalized spacial score (nSPS) is 11.9. The Labute approximate surface area is 133 Å². The molecule has 3 nitrogen and oxygen atoms in total. The second-order valence-electron chi connectivity index (χ2n) is 5.89. The predicted octanol–water partition coefficient (Wildman–Crippen LogP) is 5.00. The van der Waals surface area contributed by atoms with Crippen molar-refractivity contribution in [2.45, 2.75) is 27.2 Å². The number of aromatic nitrogens is 2. The molecule has 20 heavy (non-hydrogen) atoms. The molecule has 1 aromatic carbocycles. The number of benzene rings is 1. The van der Waals surface area contributed by atoms with Crippen molar-refractivity contribution in [2.75, 3.05) is 5.73 Å². The predicted molar refractivity (Wildman–Crippen MR) is 86.2 cm³/mol. The molecule has 0 spiro atoms. The van der Waals surface area contributed by atoms with Crippen LogP contribution < -0.4 is 5.73 Å². The summed E-state index contributed by atoms with van der Waals surface area (Å²) >= 11 is 18.2. The van der Waals surface area contributed by atoms with Gasteiger partial charge in [0, 0.05) is 0 Å². The van der Waals surface area contributed by atoms with Gasteiger partial charge in [-0.1, -0.05) is 55.6 Å². The maximum Gasteiger partial charge on any atom is 0.146 e. The molecule has 2 rings (SSSR count). The van der Waals surface area contributed by atoms with E-state index in [1.54, 1.807) is 22.9 Å². The average Bonchev–Trinajstić information content (AvgIpc) is 2.59. The van der Waals surface area contributed by atoms with Crippen LogP contribution in [0.2, 0.25) is 15.1 Å². The van der Waals surface area contributed by atoms with E-state index in [0.717, 1.165) is 17.8 Å². The van der Waals surface area contributed by atoms with Crippen molar-refractivity contribution in [1.29, 1.82) is 0 Å². The lowest BCUT2D eigenvalue weighted by atomic mass is 9.91. The van der Waals surface area contributed by atoms with Crippen molar-refractivity contribution in [3.05, 3.63) is 39.0 Å². The first-order chi connectivity index (χ1) is 9.19. The summed E-state index contributed by atoms with van der Waals surface area (Å²) in [6.45, 7) is 6.37. The SMILES string of the molecule is CC(C)(C)Cc1nn(-c2ccc(Cl)c(Cl)c2)c(N)c1Cl. The summed E-state index contributed by atoms with van der Waals surface area (Å²) in [5, 5.41) is 5.92. The number of nitrogens with zero attached hydrogens (tertiary/aromatic N) is 2. The third-order valence-electron chi connectivity index (χ3n) is 2.77. The smallest absolute Gasteiger partial charge is 0.146 e. The maximum absolute atomic E-state index is 6.27. The van der Waals surface area contributed by atoms with Crippen molar-refractivity contribution >= 4 is 40.6 Å². The van der Waals surface area contributed by atoms with Gasteiger partial charge in [0.2, 0.25) is 0 Å². The van der Waals surface area contributed by atoms with E-state index < -0.39 is 0 Å². The zero-order chi connectivity index (χ0) is 15.1. The molecule has 0 amide bonds. The molecule has 0 fully saturated rings. The standard InChI is InChI=1S/C14H16Cl3N3/c1-14(2,3)7-11-12(17)13(18)20(19-11)8-4-5-9(15)10(16)6-8/h4-6H,7,18H2,1-3H3. The van der Waals surface area contributed by atoms with E-state index in [0.29, 0.717) is 20.9 Å². The van der Waals surface area contributed by atoms with Gasteiger partial charge in [-0.15, -0.1) is 0 Å². The van der Waals surface area contributed by atoms with Gasteiger partial charge in [-0.2, -0.15) is 5.10 Å². The largest absolute Gasteiger partial charge is 0.382 e. The first-order valence-electron chi connectivity index (χ1n) is 6.17. The zero-order valence-electron chi connectivity index (χ0n) is 11.5. The molecular weight excluding hydrogens is 317 g/mol. The third-order valence-corrected chi connectivity index (χ3v) is 3.92. The van der Waals surface area contributed by atoms with E-state index in [9.17, 15) is 0 Å². The number of hydrogen-bond acceptors (Lipinski definition) is 2. The van der Waals surface area contributed by atoms with Gasteiger partial charge in [0.1, 0.15) is 10.8 Å². The van der Waals surface area contributed by atoms with E-state index in [-0.39, 0.29) is 5.41 Å². The van der Waals surface area contributed by atoms with E-state index >= 15 is 0 Å².